The molecule has 2 aromatic rings. The molecule has 1 atom stereocenters. The summed E-state index contributed by atoms with van der Waals surface area (Å²) in [4.78, 5) is 28.7. The molecule has 0 radical (unpaired) electrons. The van der Waals surface area contributed by atoms with Gasteiger partial charge in [0.05, 0.1) is 11.8 Å². The summed E-state index contributed by atoms with van der Waals surface area (Å²) in [6.45, 7) is 2.67. The number of nitrogens with one attached hydrogen (secondary N) is 1. The number of carbonyl (C=O) groups excluding carboxylic acids is 2. The van der Waals surface area contributed by atoms with E-state index in [1.54, 1.807) is 18.3 Å². The van der Waals surface area contributed by atoms with Crippen molar-refractivity contribution in [1.82, 2.24) is 10.3 Å². The van der Waals surface area contributed by atoms with Crippen molar-refractivity contribution in [2.45, 2.75) is 25.9 Å². The smallest absolute Gasteiger partial charge is 0.350 e. The molecule has 0 bridgehead atoms. The molecular weight excluding hydrogens is 348 g/mol. The fraction of sp³-hybridized carbons (Fsp3) is 0.438. The van der Waals surface area contributed by atoms with Crippen molar-refractivity contribution in [2.75, 3.05) is 19.8 Å². The lowest BCUT2D eigenvalue weighted by atomic mass is 10.2. The third-order valence-electron chi connectivity index (χ3n) is 3.64. The monoisotopic (exact) mass is 366 g/mol. The number of amides is 1. The van der Waals surface area contributed by atoms with Gasteiger partial charge in [-0.25, -0.2) is 9.78 Å². The average Bonchev–Trinajstić information content (AvgIpc) is 3.30. The minimum atomic E-state index is -0.515. The van der Waals surface area contributed by atoms with Crippen molar-refractivity contribution in [2.24, 2.45) is 0 Å². The van der Waals surface area contributed by atoms with Gasteiger partial charge in [-0.2, -0.15) is 11.3 Å². The second-order valence-corrected chi connectivity index (χ2v) is 7.24. The summed E-state index contributed by atoms with van der Waals surface area (Å²) >= 11 is 2.86. The van der Waals surface area contributed by atoms with Crippen molar-refractivity contribution in [1.29, 1.82) is 0 Å². The first-order valence-corrected chi connectivity index (χ1v) is 9.45. The number of esters is 1. The number of rotatable bonds is 6. The SMILES string of the molecule is Cc1nc(-c2ccsc2)sc1C(=O)OCC(=O)NCC1CCCO1. The minimum absolute atomic E-state index is 0.0709. The molecule has 0 spiro atoms. The van der Waals surface area contributed by atoms with Gasteiger partial charge in [-0.1, -0.05) is 0 Å². The van der Waals surface area contributed by atoms with Crippen molar-refractivity contribution in [3.05, 3.63) is 27.4 Å². The van der Waals surface area contributed by atoms with Crippen molar-refractivity contribution >= 4 is 34.6 Å². The Kier molecular flexibility index (Phi) is 5.60. The summed E-state index contributed by atoms with van der Waals surface area (Å²) < 4.78 is 10.5. The van der Waals surface area contributed by atoms with Crippen LogP contribution in [0.2, 0.25) is 0 Å². The van der Waals surface area contributed by atoms with Crippen LogP contribution < -0.4 is 5.32 Å². The van der Waals surface area contributed by atoms with Gasteiger partial charge >= 0.3 is 5.97 Å². The number of hydrogen-bond donors (Lipinski definition) is 1. The van der Waals surface area contributed by atoms with Crippen LogP contribution in [0.4, 0.5) is 0 Å². The second kappa shape index (κ2) is 7.87. The summed E-state index contributed by atoms with van der Waals surface area (Å²) in [5.41, 5.74) is 1.60. The number of aryl methyl sites for hydroxylation is 1. The molecule has 1 aliphatic heterocycles. The van der Waals surface area contributed by atoms with E-state index in [1.165, 1.54) is 11.3 Å². The van der Waals surface area contributed by atoms with Gasteiger partial charge in [-0.15, -0.1) is 11.3 Å². The predicted octanol–water partition coefficient (Wildman–Crippen LogP) is 2.63. The summed E-state index contributed by atoms with van der Waals surface area (Å²) in [6.07, 6.45) is 2.04. The number of thiazole rings is 1. The Morgan fingerprint density at radius 3 is 3.08 bits per heavy atom. The van der Waals surface area contributed by atoms with Crippen LogP contribution in [0.25, 0.3) is 10.6 Å². The normalized spacial score (nSPS) is 17.0. The number of aromatic nitrogens is 1. The van der Waals surface area contributed by atoms with Crippen LogP contribution in [0, 0.1) is 6.92 Å². The topological polar surface area (TPSA) is 77.5 Å². The maximum Gasteiger partial charge on any atom is 0.350 e. The lowest BCUT2D eigenvalue weighted by Gasteiger charge is -2.10. The summed E-state index contributed by atoms with van der Waals surface area (Å²) in [6, 6.07) is 1.95. The summed E-state index contributed by atoms with van der Waals surface area (Å²) in [7, 11) is 0. The molecule has 2 aromatic heterocycles. The molecule has 3 rings (SSSR count). The van der Waals surface area contributed by atoms with E-state index in [4.69, 9.17) is 9.47 Å². The molecule has 0 saturated carbocycles. The molecule has 1 N–H and O–H groups in total. The Hall–Kier alpha value is -1.77. The van der Waals surface area contributed by atoms with E-state index in [-0.39, 0.29) is 18.6 Å². The molecule has 1 saturated heterocycles. The van der Waals surface area contributed by atoms with Crippen LogP contribution in [0.15, 0.2) is 16.8 Å². The van der Waals surface area contributed by atoms with E-state index in [9.17, 15) is 9.59 Å². The number of ether oxygens (including phenoxy) is 2. The van der Waals surface area contributed by atoms with Crippen molar-refractivity contribution < 1.29 is 19.1 Å². The highest BCUT2D eigenvalue weighted by molar-refractivity contribution is 7.17. The Morgan fingerprint density at radius 2 is 2.38 bits per heavy atom. The van der Waals surface area contributed by atoms with Gasteiger partial charge in [0, 0.05) is 24.1 Å². The molecule has 1 amide bonds. The second-order valence-electron chi connectivity index (χ2n) is 5.46. The molecule has 24 heavy (non-hydrogen) atoms. The maximum atomic E-state index is 12.2. The van der Waals surface area contributed by atoms with Gasteiger partial charge in [0.25, 0.3) is 5.91 Å². The first kappa shape index (κ1) is 17.1. The van der Waals surface area contributed by atoms with Gasteiger partial charge in [0.2, 0.25) is 0 Å². The Balaban J connectivity index is 1.50. The molecule has 3 heterocycles. The standard InChI is InChI=1S/C16H18N2O4S2/c1-10-14(24-15(18-10)11-4-6-23-9-11)16(20)22-8-13(19)17-7-12-3-2-5-21-12/h4,6,9,12H,2-3,5,7-8H2,1H3,(H,17,19). The highest BCUT2D eigenvalue weighted by Crippen LogP contribution is 2.29. The van der Waals surface area contributed by atoms with Crippen LogP contribution in [-0.4, -0.2) is 42.7 Å². The molecule has 1 unspecified atom stereocenters. The van der Waals surface area contributed by atoms with E-state index in [1.807, 2.05) is 16.8 Å². The summed E-state index contributed by atoms with van der Waals surface area (Å²) in [5, 5.41) is 7.44. The molecule has 0 aromatic carbocycles. The average molecular weight is 366 g/mol. The molecule has 128 valence electrons. The fourth-order valence-corrected chi connectivity index (χ4v) is 4.05. The van der Waals surface area contributed by atoms with Crippen LogP contribution in [0.5, 0.6) is 0 Å². The number of thiophene rings is 1. The molecule has 8 heteroatoms. The largest absolute Gasteiger partial charge is 0.451 e. The molecule has 1 aliphatic rings. The fourth-order valence-electron chi connectivity index (χ4n) is 2.38. The Labute approximate surface area is 147 Å². The predicted molar refractivity (Wildman–Crippen MR) is 92.4 cm³/mol. The zero-order valence-electron chi connectivity index (χ0n) is 13.2. The lowest BCUT2D eigenvalue weighted by molar-refractivity contribution is -0.124. The zero-order valence-corrected chi connectivity index (χ0v) is 14.9. The van der Waals surface area contributed by atoms with Crippen LogP contribution >= 0.6 is 22.7 Å². The first-order chi connectivity index (χ1) is 11.6. The third kappa shape index (κ3) is 4.19. The molecular formula is C16H18N2O4S2. The van der Waals surface area contributed by atoms with Gasteiger partial charge < -0.3 is 14.8 Å². The zero-order chi connectivity index (χ0) is 16.9. The third-order valence-corrected chi connectivity index (χ3v) is 5.51. The molecule has 1 fully saturated rings. The van der Waals surface area contributed by atoms with Gasteiger partial charge in [0.1, 0.15) is 9.88 Å². The van der Waals surface area contributed by atoms with E-state index in [0.717, 1.165) is 30.0 Å². The van der Waals surface area contributed by atoms with Crippen LogP contribution in [0.3, 0.4) is 0 Å². The van der Waals surface area contributed by atoms with Gasteiger partial charge in [-0.3, -0.25) is 4.79 Å². The quantitative estimate of drug-likeness (QED) is 0.795. The highest BCUT2D eigenvalue weighted by Gasteiger charge is 2.20. The first-order valence-electron chi connectivity index (χ1n) is 7.69. The van der Waals surface area contributed by atoms with Gasteiger partial charge in [0.15, 0.2) is 6.61 Å². The molecule has 0 aliphatic carbocycles. The van der Waals surface area contributed by atoms with E-state index in [0.29, 0.717) is 17.1 Å². The van der Waals surface area contributed by atoms with E-state index >= 15 is 0 Å². The maximum absolute atomic E-state index is 12.2. The van der Waals surface area contributed by atoms with Gasteiger partial charge in [-0.05, 0) is 31.2 Å². The van der Waals surface area contributed by atoms with Crippen LogP contribution in [-0.2, 0) is 14.3 Å². The minimum Gasteiger partial charge on any atom is -0.451 e. The van der Waals surface area contributed by atoms with Crippen molar-refractivity contribution in [3.8, 4) is 10.6 Å². The number of hydrogen-bond acceptors (Lipinski definition) is 7. The van der Waals surface area contributed by atoms with E-state index in [2.05, 4.69) is 10.3 Å². The Morgan fingerprint density at radius 1 is 1.50 bits per heavy atom. The molecule has 6 nitrogen and oxygen atoms in total. The Bertz CT molecular complexity index is 706. The summed E-state index contributed by atoms with van der Waals surface area (Å²) in [5.74, 6) is -0.835. The number of nitrogens with zero attached hydrogens (tertiary/aromatic N) is 1. The van der Waals surface area contributed by atoms with E-state index < -0.39 is 5.97 Å². The lowest BCUT2D eigenvalue weighted by Crippen LogP contribution is -2.34. The van der Waals surface area contributed by atoms with Crippen LogP contribution in [0.1, 0.15) is 28.2 Å². The number of carbonyl (C=O) groups is 2. The highest BCUT2D eigenvalue weighted by atomic mass is 32.1. The van der Waals surface area contributed by atoms with Crippen molar-refractivity contribution in [3.63, 3.8) is 0 Å².